The Hall–Kier alpha value is -0.0600. The highest BCUT2D eigenvalue weighted by molar-refractivity contribution is 9.09. The molecule has 1 aliphatic heterocycles. The molecule has 1 N–H and O–H groups in total. The second-order valence-electron chi connectivity index (χ2n) is 3.70. The molecule has 0 saturated heterocycles. The maximum Gasteiger partial charge on any atom is 0.136 e. The summed E-state index contributed by atoms with van der Waals surface area (Å²) in [7, 11) is 0. The molecule has 4 heteroatoms. The molecular weight excluding hydrogens is 252 g/mol. The lowest BCUT2D eigenvalue weighted by Crippen LogP contribution is -2.44. The van der Waals surface area contributed by atoms with Gasteiger partial charge in [0, 0.05) is 0 Å². The summed E-state index contributed by atoms with van der Waals surface area (Å²) in [6.45, 7) is 3.94. The molecule has 2 atom stereocenters. The number of hydrogen-bond acceptors (Lipinski definition) is 3. The van der Waals surface area contributed by atoms with Crippen LogP contribution in [0.5, 0.6) is 5.75 Å². The van der Waals surface area contributed by atoms with Crippen LogP contribution >= 0.6 is 27.3 Å². The predicted molar refractivity (Wildman–Crippen MR) is 56.7 cm³/mol. The molecule has 2 rings (SSSR count). The number of hydrogen-bond donors (Lipinski definition) is 1. The second kappa shape index (κ2) is 2.97. The predicted octanol–water partition coefficient (Wildman–Crippen LogP) is 2.72. The van der Waals surface area contributed by atoms with Gasteiger partial charge in [-0.1, -0.05) is 15.9 Å². The minimum Gasteiger partial charge on any atom is -0.485 e. The highest BCUT2D eigenvalue weighted by Crippen LogP contribution is 2.45. The van der Waals surface area contributed by atoms with Gasteiger partial charge in [0.05, 0.1) is 9.70 Å². The van der Waals surface area contributed by atoms with Gasteiger partial charge in [0.25, 0.3) is 0 Å². The molecule has 0 unspecified atom stereocenters. The smallest absolute Gasteiger partial charge is 0.136 e. The van der Waals surface area contributed by atoms with Gasteiger partial charge >= 0.3 is 0 Å². The van der Waals surface area contributed by atoms with Crippen molar-refractivity contribution in [1.29, 1.82) is 0 Å². The topological polar surface area (TPSA) is 29.5 Å². The van der Waals surface area contributed by atoms with Gasteiger partial charge in [0.1, 0.15) is 17.5 Å². The van der Waals surface area contributed by atoms with Crippen molar-refractivity contribution in [2.75, 3.05) is 0 Å². The van der Waals surface area contributed by atoms with Crippen LogP contribution in [0.3, 0.4) is 0 Å². The van der Waals surface area contributed by atoms with Crippen molar-refractivity contribution in [3.63, 3.8) is 0 Å². The van der Waals surface area contributed by atoms with E-state index >= 15 is 0 Å². The first-order valence-corrected chi connectivity index (χ1v) is 5.90. The summed E-state index contributed by atoms with van der Waals surface area (Å²) in [6, 6.07) is 1.91. The lowest BCUT2D eigenvalue weighted by Gasteiger charge is -2.38. The molecule has 2 heterocycles. The number of halogens is 1. The molecule has 1 aromatic heterocycles. The summed E-state index contributed by atoms with van der Waals surface area (Å²) in [4.78, 5) is 0.868. The van der Waals surface area contributed by atoms with E-state index in [0.29, 0.717) is 0 Å². The fourth-order valence-electron chi connectivity index (χ4n) is 1.46. The Labute approximate surface area is 89.7 Å². The zero-order valence-corrected chi connectivity index (χ0v) is 9.85. The maximum atomic E-state index is 9.94. The van der Waals surface area contributed by atoms with Gasteiger partial charge in [-0.15, -0.1) is 11.3 Å². The van der Waals surface area contributed by atoms with E-state index in [-0.39, 0.29) is 10.4 Å². The summed E-state index contributed by atoms with van der Waals surface area (Å²) in [5.74, 6) is 0.818. The van der Waals surface area contributed by atoms with Crippen LogP contribution in [0, 0.1) is 0 Å². The zero-order valence-electron chi connectivity index (χ0n) is 7.45. The maximum absolute atomic E-state index is 9.94. The molecule has 0 aliphatic carbocycles. The highest BCUT2D eigenvalue weighted by Gasteiger charge is 2.42. The molecular formula is C9H11BrO2S. The average molecular weight is 263 g/mol. The molecule has 1 aromatic rings. The minimum atomic E-state index is -0.459. The minimum absolute atomic E-state index is 0.0499. The van der Waals surface area contributed by atoms with Crippen LogP contribution in [0.25, 0.3) is 0 Å². The second-order valence-corrected chi connectivity index (χ2v) is 5.64. The first-order valence-electron chi connectivity index (χ1n) is 4.11. The molecule has 0 fully saturated rings. The molecule has 72 valence electrons. The zero-order chi connectivity index (χ0) is 9.64. The van der Waals surface area contributed by atoms with Crippen molar-refractivity contribution in [1.82, 2.24) is 0 Å². The number of fused-ring (bicyclic) bond motifs is 1. The summed E-state index contributed by atoms with van der Waals surface area (Å²) >= 11 is 4.99. The SMILES string of the molecule is CC1(C)Oc2ccsc2[C@@H](O)[C@@H]1Br. The van der Waals surface area contributed by atoms with E-state index in [1.807, 2.05) is 25.3 Å². The van der Waals surface area contributed by atoms with Gasteiger partial charge in [-0.2, -0.15) is 0 Å². The Bertz CT molecular complexity index is 321. The van der Waals surface area contributed by atoms with Crippen LogP contribution in [0.1, 0.15) is 24.8 Å². The van der Waals surface area contributed by atoms with Crippen LogP contribution in [0.15, 0.2) is 11.4 Å². The lowest BCUT2D eigenvalue weighted by atomic mass is 9.96. The summed E-state index contributed by atoms with van der Waals surface area (Å²) in [5, 5.41) is 11.9. The van der Waals surface area contributed by atoms with Crippen LogP contribution in [0.4, 0.5) is 0 Å². The van der Waals surface area contributed by atoms with Crippen LogP contribution in [0.2, 0.25) is 0 Å². The monoisotopic (exact) mass is 262 g/mol. The van der Waals surface area contributed by atoms with E-state index in [4.69, 9.17) is 4.74 Å². The summed E-state index contributed by atoms with van der Waals surface area (Å²) in [5.41, 5.74) is -0.354. The molecule has 0 radical (unpaired) electrons. The first kappa shape index (κ1) is 9.49. The van der Waals surface area contributed by atoms with E-state index in [1.54, 1.807) is 0 Å². The number of thiophene rings is 1. The molecule has 0 bridgehead atoms. The quantitative estimate of drug-likeness (QED) is 0.729. The van der Waals surface area contributed by atoms with Crippen molar-refractivity contribution < 1.29 is 9.84 Å². The molecule has 2 nitrogen and oxygen atoms in total. The fraction of sp³-hybridized carbons (Fsp3) is 0.556. The van der Waals surface area contributed by atoms with E-state index < -0.39 is 6.10 Å². The standard InChI is InChI=1S/C9H11BrO2S/c1-9(2)8(10)6(11)7-5(12-9)3-4-13-7/h3-4,6,8,11H,1-2H3/t6-,8+/m1/s1. The Balaban J connectivity index is 2.44. The molecule has 0 amide bonds. The van der Waals surface area contributed by atoms with Gasteiger partial charge in [-0.05, 0) is 25.3 Å². The van der Waals surface area contributed by atoms with E-state index in [2.05, 4.69) is 15.9 Å². The van der Waals surface area contributed by atoms with Gasteiger partial charge in [0.15, 0.2) is 0 Å². The van der Waals surface area contributed by atoms with Crippen molar-refractivity contribution in [3.8, 4) is 5.75 Å². The third kappa shape index (κ3) is 1.41. The van der Waals surface area contributed by atoms with E-state index in [1.165, 1.54) is 11.3 Å². The lowest BCUT2D eigenvalue weighted by molar-refractivity contribution is 0.0256. The van der Waals surface area contributed by atoms with Gasteiger partial charge in [0.2, 0.25) is 0 Å². The number of rotatable bonds is 0. The summed E-state index contributed by atoms with van der Waals surface area (Å²) < 4.78 is 5.75. The third-order valence-electron chi connectivity index (χ3n) is 2.24. The molecule has 13 heavy (non-hydrogen) atoms. The molecule has 0 spiro atoms. The highest BCUT2D eigenvalue weighted by atomic mass is 79.9. The molecule has 0 saturated carbocycles. The van der Waals surface area contributed by atoms with Gasteiger partial charge in [-0.25, -0.2) is 0 Å². The van der Waals surface area contributed by atoms with Gasteiger partial charge < -0.3 is 9.84 Å². The number of ether oxygens (including phenoxy) is 1. The Morgan fingerprint density at radius 2 is 2.31 bits per heavy atom. The summed E-state index contributed by atoms with van der Waals surface area (Å²) in [6.07, 6.45) is -0.459. The van der Waals surface area contributed by atoms with Crippen LogP contribution in [-0.2, 0) is 0 Å². The largest absolute Gasteiger partial charge is 0.485 e. The van der Waals surface area contributed by atoms with Crippen molar-refractivity contribution >= 4 is 27.3 Å². The Morgan fingerprint density at radius 1 is 1.62 bits per heavy atom. The first-order chi connectivity index (χ1) is 6.02. The van der Waals surface area contributed by atoms with Crippen LogP contribution in [-0.4, -0.2) is 15.5 Å². The van der Waals surface area contributed by atoms with Crippen molar-refractivity contribution in [2.24, 2.45) is 0 Å². The van der Waals surface area contributed by atoms with E-state index in [0.717, 1.165) is 10.6 Å². The Kier molecular flexibility index (Phi) is 2.17. The van der Waals surface area contributed by atoms with Crippen LogP contribution < -0.4 is 4.74 Å². The number of aliphatic hydroxyl groups excluding tert-OH is 1. The Morgan fingerprint density at radius 3 is 3.00 bits per heavy atom. The molecule has 1 aliphatic rings. The van der Waals surface area contributed by atoms with Gasteiger partial charge in [-0.3, -0.25) is 0 Å². The fourth-order valence-corrected chi connectivity index (χ4v) is 2.83. The third-order valence-corrected chi connectivity index (χ3v) is 4.81. The molecule has 0 aromatic carbocycles. The van der Waals surface area contributed by atoms with Crippen molar-refractivity contribution in [3.05, 3.63) is 16.3 Å². The average Bonchev–Trinajstić information content (AvgIpc) is 2.47. The van der Waals surface area contributed by atoms with E-state index in [9.17, 15) is 5.11 Å². The number of aliphatic hydroxyl groups is 1. The normalized spacial score (nSPS) is 30.8. The van der Waals surface area contributed by atoms with Crippen molar-refractivity contribution in [2.45, 2.75) is 30.4 Å². The number of alkyl halides is 1.